The molecule has 2 aliphatic rings. The van der Waals surface area contributed by atoms with Gasteiger partial charge in [-0.3, -0.25) is 4.79 Å². The first-order chi connectivity index (χ1) is 14.4. The fourth-order valence-corrected chi connectivity index (χ4v) is 4.24. The molecule has 2 fully saturated rings. The highest BCUT2D eigenvalue weighted by molar-refractivity contribution is 6.11. The van der Waals surface area contributed by atoms with Gasteiger partial charge in [-0.2, -0.15) is 0 Å². The molecule has 4 rings (SSSR count). The Morgan fingerprint density at radius 1 is 1.30 bits per heavy atom. The van der Waals surface area contributed by atoms with Crippen molar-refractivity contribution in [2.45, 2.75) is 38.5 Å². The number of esters is 1. The van der Waals surface area contributed by atoms with Crippen LogP contribution >= 0.6 is 0 Å². The van der Waals surface area contributed by atoms with Crippen LogP contribution in [-0.2, 0) is 19.0 Å². The molecular weight excluding hydrogens is 393 g/mol. The molecule has 1 aromatic heterocycles. The predicted octanol–water partition coefficient (Wildman–Crippen LogP) is 1.23. The van der Waals surface area contributed by atoms with Crippen LogP contribution < -0.4 is 10.2 Å². The topological polar surface area (TPSA) is 94.1 Å². The number of amides is 1. The third-order valence-corrected chi connectivity index (χ3v) is 5.96. The number of carbonyl (C=O) groups excluding carboxylic acids is 2. The van der Waals surface area contributed by atoms with Crippen LogP contribution in [0.15, 0.2) is 18.2 Å². The molecule has 1 atom stereocenters. The number of rotatable bonds is 5. The Morgan fingerprint density at radius 2 is 2.00 bits per heavy atom. The van der Waals surface area contributed by atoms with Crippen molar-refractivity contribution in [3.05, 3.63) is 29.7 Å². The van der Waals surface area contributed by atoms with Crippen LogP contribution in [0, 0.1) is 5.82 Å². The maximum absolute atomic E-state index is 13.8. The lowest BCUT2D eigenvalue weighted by Gasteiger charge is -2.37. The highest BCUT2D eigenvalue weighted by Gasteiger charge is 2.43. The number of ether oxygens (including phenoxy) is 3. The number of anilines is 1. The number of benzene rings is 1. The molecule has 1 spiro atoms. The van der Waals surface area contributed by atoms with Gasteiger partial charge in [-0.05, 0) is 32.0 Å². The van der Waals surface area contributed by atoms with Gasteiger partial charge in [0.1, 0.15) is 11.5 Å². The lowest BCUT2D eigenvalue weighted by Crippen LogP contribution is -3.18. The summed E-state index contributed by atoms with van der Waals surface area (Å²) in [5.41, 5.74) is 0.902. The molecule has 3 N–H and O–H groups in total. The van der Waals surface area contributed by atoms with Crippen LogP contribution in [0.25, 0.3) is 10.9 Å². The summed E-state index contributed by atoms with van der Waals surface area (Å²) in [7, 11) is 0. The van der Waals surface area contributed by atoms with E-state index in [-0.39, 0.29) is 29.9 Å². The number of hydrogen-bond donors (Lipinski definition) is 3. The molecule has 0 aliphatic carbocycles. The maximum Gasteiger partial charge on any atom is 0.356 e. The number of aromatic amines is 1. The summed E-state index contributed by atoms with van der Waals surface area (Å²) in [6, 6.07) is 3.75. The van der Waals surface area contributed by atoms with Crippen molar-refractivity contribution in [3.63, 3.8) is 0 Å². The van der Waals surface area contributed by atoms with Crippen LogP contribution in [0.3, 0.4) is 0 Å². The Hall–Kier alpha value is -2.49. The molecule has 9 heteroatoms. The number of likely N-dealkylation sites (tertiary alicyclic amines) is 1. The van der Waals surface area contributed by atoms with Crippen molar-refractivity contribution >= 4 is 28.5 Å². The van der Waals surface area contributed by atoms with Crippen LogP contribution in [0.5, 0.6) is 0 Å². The summed E-state index contributed by atoms with van der Waals surface area (Å²) in [4.78, 5) is 29.5. The number of piperidine rings is 1. The number of quaternary nitrogens is 1. The van der Waals surface area contributed by atoms with E-state index in [1.807, 2.05) is 6.92 Å². The monoisotopic (exact) mass is 420 g/mol. The summed E-state index contributed by atoms with van der Waals surface area (Å²) in [5.74, 6) is -1.79. The van der Waals surface area contributed by atoms with Gasteiger partial charge in [0.15, 0.2) is 11.8 Å². The summed E-state index contributed by atoms with van der Waals surface area (Å²) in [6.07, 6.45) is 1.46. The van der Waals surface area contributed by atoms with Crippen molar-refractivity contribution < 1.29 is 33.1 Å². The lowest BCUT2D eigenvalue weighted by atomic mass is 10.0. The summed E-state index contributed by atoms with van der Waals surface area (Å²) >= 11 is 0. The fraction of sp³-hybridized carbons (Fsp3) is 0.524. The molecule has 2 aromatic rings. The van der Waals surface area contributed by atoms with Crippen LogP contribution in [0.4, 0.5) is 10.1 Å². The van der Waals surface area contributed by atoms with Crippen molar-refractivity contribution in [2.75, 3.05) is 38.2 Å². The minimum atomic E-state index is -0.597. The number of fused-ring (bicyclic) bond motifs is 1. The molecule has 1 aromatic carbocycles. The quantitative estimate of drug-likeness (QED) is 0.633. The molecule has 2 saturated heterocycles. The van der Waals surface area contributed by atoms with E-state index in [4.69, 9.17) is 14.2 Å². The van der Waals surface area contributed by atoms with E-state index in [1.54, 1.807) is 6.92 Å². The van der Waals surface area contributed by atoms with Gasteiger partial charge in [0, 0.05) is 10.9 Å². The molecule has 8 nitrogen and oxygen atoms in total. The Kier molecular flexibility index (Phi) is 5.77. The summed E-state index contributed by atoms with van der Waals surface area (Å²) in [6.45, 7) is 6.43. The number of nitrogens with one attached hydrogen (secondary N) is 3. The van der Waals surface area contributed by atoms with Crippen LogP contribution in [0.1, 0.15) is 37.2 Å². The standard InChI is InChI=1S/C21H26FN3O5/c1-3-28-20(27)18-17(15-12-14(22)4-5-16(15)23-18)24-19(26)13(2)25-8-6-21(7-9-25)29-10-11-30-21/h4-5,12-13,23H,3,6-11H2,1-2H3,(H,24,26)/p+1/t13-/m0/s1. The van der Waals surface area contributed by atoms with E-state index < -0.39 is 17.6 Å². The second kappa shape index (κ2) is 8.33. The molecule has 30 heavy (non-hydrogen) atoms. The zero-order chi connectivity index (χ0) is 21.3. The van der Waals surface area contributed by atoms with Crippen molar-refractivity contribution in [2.24, 2.45) is 0 Å². The van der Waals surface area contributed by atoms with Gasteiger partial charge in [0.25, 0.3) is 5.91 Å². The van der Waals surface area contributed by atoms with Gasteiger partial charge in [0.05, 0.1) is 51.4 Å². The first-order valence-electron chi connectivity index (χ1n) is 10.3. The average Bonchev–Trinajstić information content (AvgIpc) is 3.33. The normalized spacial score (nSPS) is 19.8. The van der Waals surface area contributed by atoms with E-state index in [2.05, 4.69) is 10.3 Å². The molecule has 1 amide bonds. The Morgan fingerprint density at radius 3 is 2.67 bits per heavy atom. The highest BCUT2D eigenvalue weighted by atomic mass is 19.1. The molecular formula is C21H27FN3O5+. The van der Waals surface area contributed by atoms with Gasteiger partial charge in [-0.1, -0.05) is 0 Å². The van der Waals surface area contributed by atoms with Gasteiger partial charge in [0.2, 0.25) is 0 Å². The largest absolute Gasteiger partial charge is 0.461 e. The fourth-order valence-electron chi connectivity index (χ4n) is 4.24. The number of hydrogen-bond acceptors (Lipinski definition) is 5. The molecule has 0 bridgehead atoms. The summed E-state index contributed by atoms with van der Waals surface area (Å²) < 4.78 is 30.4. The summed E-state index contributed by atoms with van der Waals surface area (Å²) in [5, 5.41) is 3.27. The number of carbonyl (C=O) groups is 2. The highest BCUT2D eigenvalue weighted by Crippen LogP contribution is 2.30. The first kappa shape index (κ1) is 20.8. The van der Waals surface area contributed by atoms with E-state index >= 15 is 0 Å². The van der Waals surface area contributed by atoms with Gasteiger partial charge in [-0.15, -0.1) is 0 Å². The zero-order valence-corrected chi connectivity index (χ0v) is 17.2. The number of H-pyrrole nitrogens is 1. The maximum atomic E-state index is 13.8. The second-order valence-corrected chi connectivity index (χ2v) is 7.76. The molecule has 0 saturated carbocycles. The van der Waals surface area contributed by atoms with Crippen molar-refractivity contribution in [1.82, 2.24) is 4.98 Å². The molecule has 0 unspecified atom stereocenters. The van der Waals surface area contributed by atoms with E-state index in [1.165, 1.54) is 18.2 Å². The molecule has 0 radical (unpaired) electrons. The Balaban J connectivity index is 1.52. The van der Waals surface area contributed by atoms with Gasteiger partial charge in [-0.25, -0.2) is 9.18 Å². The van der Waals surface area contributed by atoms with E-state index in [0.29, 0.717) is 24.1 Å². The van der Waals surface area contributed by atoms with Gasteiger partial charge < -0.3 is 29.4 Å². The molecule has 3 heterocycles. The zero-order valence-electron chi connectivity index (χ0n) is 17.2. The second-order valence-electron chi connectivity index (χ2n) is 7.76. The predicted molar refractivity (Wildman–Crippen MR) is 107 cm³/mol. The number of halogens is 1. The first-order valence-corrected chi connectivity index (χ1v) is 10.3. The third kappa shape index (κ3) is 3.92. The minimum Gasteiger partial charge on any atom is -0.461 e. The van der Waals surface area contributed by atoms with Crippen LogP contribution in [-0.4, -0.2) is 61.6 Å². The number of aromatic nitrogens is 1. The van der Waals surface area contributed by atoms with E-state index in [9.17, 15) is 14.0 Å². The van der Waals surface area contributed by atoms with Gasteiger partial charge >= 0.3 is 5.97 Å². The minimum absolute atomic E-state index is 0.110. The van der Waals surface area contributed by atoms with Crippen molar-refractivity contribution in [3.8, 4) is 0 Å². The molecule has 2 aliphatic heterocycles. The Bertz CT molecular complexity index is 944. The molecule has 162 valence electrons. The average molecular weight is 420 g/mol. The van der Waals surface area contributed by atoms with Crippen LogP contribution in [0.2, 0.25) is 0 Å². The Labute approximate surface area is 173 Å². The SMILES string of the molecule is CCOC(=O)c1[nH]c2ccc(F)cc2c1NC(=O)[C@H](C)[NH+]1CCC2(CC1)OCCO2. The smallest absolute Gasteiger partial charge is 0.356 e. The lowest BCUT2D eigenvalue weighted by molar-refractivity contribution is -0.922. The van der Waals surface area contributed by atoms with Crippen molar-refractivity contribution in [1.29, 1.82) is 0 Å². The third-order valence-electron chi connectivity index (χ3n) is 5.96. The van der Waals surface area contributed by atoms with E-state index in [0.717, 1.165) is 30.8 Å².